The van der Waals surface area contributed by atoms with E-state index in [0.717, 1.165) is 4.90 Å². The van der Waals surface area contributed by atoms with Gasteiger partial charge in [0.1, 0.15) is 0 Å². The van der Waals surface area contributed by atoms with Crippen LogP contribution in [0.1, 0.15) is 46.9 Å². The summed E-state index contributed by atoms with van der Waals surface area (Å²) in [6, 6.07) is 6.61. The number of amides is 4. The van der Waals surface area contributed by atoms with E-state index in [-0.39, 0.29) is 56.0 Å². The Kier molecular flexibility index (Phi) is 6.81. The van der Waals surface area contributed by atoms with Gasteiger partial charge in [-0.1, -0.05) is 12.1 Å². The van der Waals surface area contributed by atoms with Gasteiger partial charge in [0.05, 0.1) is 24.2 Å². The fourth-order valence-corrected chi connectivity index (χ4v) is 3.61. The van der Waals surface area contributed by atoms with Crippen molar-refractivity contribution in [3.05, 3.63) is 35.4 Å². The van der Waals surface area contributed by atoms with Crippen molar-refractivity contribution < 1.29 is 28.7 Å². The molecule has 30 heavy (non-hydrogen) atoms. The number of ether oxygens (including phenoxy) is 1. The molecule has 9 heteroatoms. The Morgan fingerprint density at radius 2 is 1.33 bits per heavy atom. The SMILES string of the molecule is CCOC(=O)CCC(=O)N1CCN(C(=O)CCN2C(=O)c3ccccc3C2=O)CC1. The van der Waals surface area contributed by atoms with Gasteiger partial charge in [-0.3, -0.25) is 28.9 Å². The van der Waals surface area contributed by atoms with E-state index in [1.165, 1.54) is 0 Å². The summed E-state index contributed by atoms with van der Waals surface area (Å²) < 4.78 is 4.82. The minimum atomic E-state index is -0.396. The monoisotopic (exact) mass is 415 g/mol. The first-order valence-electron chi connectivity index (χ1n) is 10.1. The van der Waals surface area contributed by atoms with E-state index in [9.17, 15) is 24.0 Å². The van der Waals surface area contributed by atoms with Gasteiger partial charge in [-0.25, -0.2) is 0 Å². The Hall–Kier alpha value is -3.23. The Balaban J connectivity index is 1.43. The average Bonchev–Trinajstić information content (AvgIpc) is 3.00. The zero-order chi connectivity index (χ0) is 21.7. The molecular weight excluding hydrogens is 390 g/mol. The molecule has 2 aliphatic rings. The molecule has 0 bridgehead atoms. The minimum absolute atomic E-state index is 0.0316. The molecule has 2 heterocycles. The van der Waals surface area contributed by atoms with Gasteiger partial charge in [-0.05, 0) is 19.1 Å². The lowest BCUT2D eigenvalue weighted by atomic mass is 10.1. The molecule has 1 fully saturated rings. The topological polar surface area (TPSA) is 104 Å². The highest BCUT2D eigenvalue weighted by atomic mass is 16.5. The molecule has 9 nitrogen and oxygen atoms in total. The van der Waals surface area contributed by atoms with Crippen LogP contribution < -0.4 is 0 Å². The number of benzene rings is 1. The van der Waals surface area contributed by atoms with Gasteiger partial charge < -0.3 is 14.5 Å². The van der Waals surface area contributed by atoms with Crippen LogP contribution in [0, 0.1) is 0 Å². The minimum Gasteiger partial charge on any atom is -0.466 e. The molecule has 1 aromatic carbocycles. The molecule has 0 spiro atoms. The van der Waals surface area contributed by atoms with Gasteiger partial charge in [0, 0.05) is 45.6 Å². The van der Waals surface area contributed by atoms with E-state index in [1.54, 1.807) is 41.0 Å². The molecule has 0 unspecified atom stereocenters. The molecule has 0 aliphatic carbocycles. The van der Waals surface area contributed by atoms with E-state index in [2.05, 4.69) is 0 Å². The molecule has 0 saturated carbocycles. The van der Waals surface area contributed by atoms with Crippen LogP contribution in [0.2, 0.25) is 0 Å². The highest BCUT2D eigenvalue weighted by Gasteiger charge is 2.35. The fraction of sp³-hybridized carbons (Fsp3) is 0.476. The molecule has 3 rings (SSSR count). The van der Waals surface area contributed by atoms with Crippen LogP contribution in [0.15, 0.2) is 24.3 Å². The summed E-state index contributed by atoms with van der Waals surface area (Å²) in [7, 11) is 0. The second-order valence-electron chi connectivity index (χ2n) is 7.12. The predicted octanol–water partition coefficient (Wildman–Crippen LogP) is 0.687. The van der Waals surface area contributed by atoms with Crippen molar-refractivity contribution in [3.8, 4) is 0 Å². The highest BCUT2D eigenvalue weighted by molar-refractivity contribution is 6.21. The van der Waals surface area contributed by atoms with Crippen molar-refractivity contribution in [2.75, 3.05) is 39.3 Å². The summed E-state index contributed by atoms with van der Waals surface area (Å²) in [6.45, 7) is 3.57. The molecule has 0 atom stereocenters. The molecule has 1 aromatic rings. The Labute approximate surface area is 174 Å². The first-order chi connectivity index (χ1) is 14.4. The number of esters is 1. The summed E-state index contributed by atoms with van der Waals surface area (Å²) in [4.78, 5) is 65.2. The van der Waals surface area contributed by atoms with Crippen LogP contribution in [0.3, 0.4) is 0 Å². The summed E-state index contributed by atoms with van der Waals surface area (Å²) in [5.41, 5.74) is 0.731. The van der Waals surface area contributed by atoms with Crippen LogP contribution in [-0.4, -0.2) is 83.6 Å². The Morgan fingerprint density at radius 1 is 0.833 bits per heavy atom. The lowest BCUT2D eigenvalue weighted by Gasteiger charge is -2.35. The van der Waals surface area contributed by atoms with Gasteiger partial charge in [0.2, 0.25) is 11.8 Å². The van der Waals surface area contributed by atoms with Crippen molar-refractivity contribution in [1.82, 2.24) is 14.7 Å². The zero-order valence-electron chi connectivity index (χ0n) is 17.0. The summed E-state index contributed by atoms with van der Waals surface area (Å²) in [5, 5.41) is 0. The number of imide groups is 1. The highest BCUT2D eigenvalue weighted by Crippen LogP contribution is 2.22. The standard InChI is InChI=1S/C21H25N3O6/c1-2-30-19(27)8-7-17(25)22-11-13-23(14-12-22)18(26)9-10-24-20(28)15-5-3-4-6-16(15)21(24)29/h3-6H,2,7-14H2,1H3. The second kappa shape index (κ2) is 9.51. The van der Waals surface area contributed by atoms with E-state index in [4.69, 9.17) is 4.74 Å². The summed E-state index contributed by atoms with van der Waals surface area (Å²) >= 11 is 0. The predicted molar refractivity (Wildman–Crippen MR) is 105 cm³/mol. The quantitative estimate of drug-likeness (QED) is 0.479. The Bertz CT molecular complexity index is 825. The van der Waals surface area contributed by atoms with Crippen molar-refractivity contribution in [2.45, 2.75) is 26.2 Å². The van der Waals surface area contributed by atoms with Gasteiger partial charge in [0.25, 0.3) is 11.8 Å². The number of piperazine rings is 1. The molecule has 160 valence electrons. The smallest absolute Gasteiger partial charge is 0.306 e. The fourth-order valence-electron chi connectivity index (χ4n) is 3.61. The number of nitrogens with zero attached hydrogens (tertiary/aromatic N) is 3. The third-order valence-electron chi connectivity index (χ3n) is 5.26. The number of rotatable bonds is 7. The number of hydrogen-bond acceptors (Lipinski definition) is 6. The number of carbonyl (C=O) groups is 5. The Morgan fingerprint density at radius 3 is 1.83 bits per heavy atom. The molecule has 2 aliphatic heterocycles. The molecular formula is C21H25N3O6. The largest absolute Gasteiger partial charge is 0.466 e. The molecule has 0 aromatic heterocycles. The number of hydrogen-bond donors (Lipinski definition) is 0. The van der Waals surface area contributed by atoms with Gasteiger partial charge in [0.15, 0.2) is 0 Å². The molecule has 1 saturated heterocycles. The molecule has 0 radical (unpaired) electrons. The normalized spacial score (nSPS) is 16.0. The maximum absolute atomic E-state index is 12.5. The lowest BCUT2D eigenvalue weighted by molar-refractivity contribution is -0.146. The van der Waals surface area contributed by atoms with Gasteiger partial charge >= 0.3 is 5.97 Å². The van der Waals surface area contributed by atoms with Crippen LogP contribution >= 0.6 is 0 Å². The van der Waals surface area contributed by atoms with E-state index in [1.807, 2.05) is 0 Å². The first-order valence-corrected chi connectivity index (χ1v) is 10.1. The maximum atomic E-state index is 12.5. The maximum Gasteiger partial charge on any atom is 0.306 e. The van der Waals surface area contributed by atoms with Crippen molar-refractivity contribution in [3.63, 3.8) is 0 Å². The second-order valence-corrected chi connectivity index (χ2v) is 7.12. The zero-order valence-corrected chi connectivity index (χ0v) is 17.0. The third kappa shape index (κ3) is 4.67. The molecule has 4 amide bonds. The van der Waals surface area contributed by atoms with Crippen molar-refractivity contribution >= 4 is 29.6 Å². The summed E-state index contributed by atoms with van der Waals surface area (Å²) in [5.74, 6) is -1.44. The van der Waals surface area contributed by atoms with E-state index < -0.39 is 5.97 Å². The lowest BCUT2D eigenvalue weighted by Crippen LogP contribution is -2.51. The van der Waals surface area contributed by atoms with Gasteiger partial charge in [-0.2, -0.15) is 0 Å². The van der Waals surface area contributed by atoms with E-state index in [0.29, 0.717) is 37.3 Å². The average molecular weight is 415 g/mol. The van der Waals surface area contributed by atoms with Gasteiger partial charge in [-0.15, -0.1) is 0 Å². The van der Waals surface area contributed by atoms with Crippen molar-refractivity contribution in [1.29, 1.82) is 0 Å². The van der Waals surface area contributed by atoms with Crippen LogP contribution in [-0.2, 0) is 19.1 Å². The number of fused-ring (bicyclic) bond motifs is 1. The summed E-state index contributed by atoms with van der Waals surface area (Å²) in [6.07, 6.45) is 0.181. The van der Waals surface area contributed by atoms with E-state index >= 15 is 0 Å². The van der Waals surface area contributed by atoms with Crippen LogP contribution in [0.25, 0.3) is 0 Å². The van der Waals surface area contributed by atoms with Crippen LogP contribution in [0.4, 0.5) is 0 Å². The van der Waals surface area contributed by atoms with Crippen LogP contribution in [0.5, 0.6) is 0 Å². The number of carbonyl (C=O) groups excluding carboxylic acids is 5. The first kappa shape index (κ1) is 21.5. The van der Waals surface area contributed by atoms with Crippen molar-refractivity contribution in [2.24, 2.45) is 0 Å². The third-order valence-corrected chi connectivity index (χ3v) is 5.26. The molecule has 0 N–H and O–H groups in total.